The Kier molecular flexibility index (Phi) is 5.81. The predicted molar refractivity (Wildman–Crippen MR) is 82.0 cm³/mol. The fraction of sp³-hybridized carbons (Fsp3) is 0.929. The molecule has 2 rings (SSSR count). The van der Waals surface area contributed by atoms with Gasteiger partial charge in [0, 0.05) is 26.2 Å². The van der Waals surface area contributed by atoms with Crippen LogP contribution in [0.25, 0.3) is 0 Å². The Bertz CT molecular complexity index is 495. The van der Waals surface area contributed by atoms with Gasteiger partial charge in [-0.15, -0.1) is 0 Å². The second-order valence-corrected chi connectivity index (χ2v) is 7.97. The molecule has 1 amide bonds. The number of carbonyl (C=O) groups excluding carboxylic acids is 1. The van der Waals surface area contributed by atoms with E-state index in [-0.39, 0.29) is 24.2 Å². The summed E-state index contributed by atoms with van der Waals surface area (Å²) >= 11 is 0. The van der Waals surface area contributed by atoms with Gasteiger partial charge in [-0.3, -0.25) is 4.79 Å². The zero-order valence-electron chi connectivity index (χ0n) is 13.3. The van der Waals surface area contributed by atoms with E-state index < -0.39 is 10.0 Å². The van der Waals surface area contributed by atoms with E-state index in [1.807, 2.05) is 6.92 Å². The number of hydrogen-bond acceptors (Lipinski definition) is 5. The van der Waals surface area contributed by atoms with Gasteiger partial charge >= 0.3 is 0 Å². The number of hydrogen-bond donors (Lipinski definition) is 1. The SMILES string of the molecule is CCOCC(=O)N1CC[C@]2(CCC[C@H](CNS(C)(=O)=O)O2)C1. The van der Waals surface area contributed by atoms with Crippen LogP contribution >= 0.6 is 0 Å². The summed E-state index contributed by atoms with van der Waals surface area (Å²) in [5.74, 6) is -0.00119. The van der Waals surface area contributed by atoms with E-state index in [0.717, 1.165) is 31.9 Å². The molecule has 0 radical (unpaired) electrons. The molecule has 0 saturated carbocycles. The van der Waals surface area contributed by atoms with E-state index in [4.69, 9.17) is 9.47 Å². The van der Waals surface area contributed by atoms with Crippen molar-refractivity contribution in [1.82, 2.24) is 9.62 Å². The maximum absolute atomic E-state index is 12.0. The highest BCUT2D eigenvalue weighted by molar-refractivity contribution is 7.88. The summed E-state index contributed by atoms with van der Waals surface area (Å²) in [4.78, 5) is 13.8. The summed E-state index contributed by atoms with van der Waals surface area (Å²) in [6, 6.07) is 0. The van der Waals surface area contributed by atoms with Crippen LogP contribution in [-0.4, -0.2) is 70.0 Å². The van der Waals surface area contributed by atoms with Crippen LogP contribution in [0.1, 0.15) is 32.6 Å². The summed E-state index contributed by atoms with van der Waals surface area (Å²) in [6.45, 7) is 4.06. The highest BCUT2D eigenvalue weighted by atomic mass is 32.2. The molecule has 0 unspecified atom stereocenters. The van der Waals surface area contributed by atoms with Crippen LogP contribution in [0.3, 0.4) is 0 Å². The fourth-order valence-electron chi connectivity index (χ4n) is 3.15. The molecule has 2 aliphatic rings. The van der Waals surface area contributed by atoms with Crippen molar-refractivity contribution in [1.29, 1.82) is 0 Å². The monoisotopic (exact) mass is 334 g/mol. The summed E-state index contributed by atoms with van der Waals surface area (Å²) in [6.07, 6.45) is 4.59. The lowest BCUT2D eigenvalue weighted by Gasteiger charge is -2.38. The molecule has 0 aromatic rings. The maximum Gasteiger partial charge on any atom is 0.248 e. The topological polar surface area (TPSA) is 84.9 Å². The molecular weight excluding hydrogens is 308 g/mol. The molecule has 0 bridgehead atoms. The van der Waals surface area contributed by atoms with Gasteiger partial charge in [-0.1, -0.05) is 0 Å². The van der Waals surface area contributed by atoms with Crippen LogP contribution in [0.2, 0.25) is 0 Å². The molecular formula is C14H26N2O5S. The van der Waals surface area contributed by atoms with Gasteiger partial charge in [-0.25, -0.2) is 13.1 Å². The Morgan fingerprint density at radius 1 is 1.45 bits per heavy atom. The minimum absolute atomic E-state index is 0.00119. The number of carbonyl (C=O) groups is 1. The van der Waals surface area contributed by atoms with Gasteiger partial charge in [0.1, 0.15) is 6.61 Å². The Morgan fingerprint density at radius 2 is 2.23 bits per heavy atom. The van der Waals surface area contributed by atoms with Crippen LogP contribution in [0.15, 0.2) is 0 Å². The number of amides is 1. The van der Waals surface area contributed by atoms with Crippen molar-refractivity contribution in [3.63, 3.8) is 0 Å². The molecule has 2 saturated heterocycles. The smallest absolute Gasteiger partial charge is 0.248 e. The Hall–Kier alpha value is -0.700. The predicted octanol–water partition coefficient (Wildman–Crippen LogP) is 0.112. The number of likely N-dealkylation sites (tertiary alicyclic amines) is 1. The van der Waals surface area contributed by atoms with Gasteiger partial charge < -0.3 is 14.4 Å². The van der Waals surface area contributed by atoms with Gasteiger partial charge in [-0.2, -0.15) is 0 Å². The van der Waals surface area contributed by atoms with Crippen LogP contribution in [-0.2, 0) is 24.3 Å². The lowest BCUT2D eigenvalue weighted by molar-refractivity contribution is -0.141. The number of nitrogens with one attached hydrogen (secondary N) is 1. The number of nitrogens with zero attached hydrogens (tertiary/aromatic N) is 1. The lowest BCUT2D eigenvalue weighted by Crippen LogP contribution is -2.47. The Morgan fingerprint density at radius 3 is 2.91 bits per heavy atom. The van der Waals surface area contributed by atoms with Crippen molar-refractivity contribution in [3.05, 3.63) is 0 Å². The van der Waals surface area contributed by atoms with Crippen molar-refractivity contribution in [2.45, 2.75) is 44.3 Å². The average Bonchev–Trinajstić information content (AvgIpc) is 2.85. The zero-order valence-corrected chi connectivity index (χ0v) is 14.2. The summed E-state index contributed by atoms with van der Waals surface area (Å²) < 4.78 is 36.2. The molecule has 22 heavy (non-hydrogen) atoms. The number of sulfonamides is 1. The lowest BCUT2D eigenvalue weighted by atomic mass is 9.90. The highest BCUT2D eigenvalue weighted by Crippen LogP contribution is 2.36. The number of rotatable bonds is 6. The zero-order chi connectivity index (χ0) is 16.2. The van der Waals surface area contributed by atoms with Crippen molar-refractivity contribution >= 4 is 15.9 Å². The molecule has 0 aromatic heterocycles. The van der Waals surface area contributed by atoms with E-state index in [2.05, 4.69) is 4.72 Å². The first-order chi connectivity index (χ1) is 10.3. The molecule has 2 atom stereocenters. The maximum atomic E-state index is 12.0. The van der Waals surface area contributed by atoms with Crippen molar-refractivity contribution in [2.24, 2.45) is 0 Å². The average molecular weight is 334 g/mol. The third kappa shape index (κ3) is 4.91. The third-order valence-corrected chi connectivity index (χ3v) is 4.94. The van der Waals surface area contributed by atoms with Gasteiger partial charge in [-0.05, 0) is 32.6 Å². The minimum Gasteiger partial charge on any atom is -0.372 e. The van der Waals surface area contributed by atoms with Gasteiger partial charge in [0.15, 0.2) is 0 Å². The van der Waals surface area contributed by atoms with E-state index in [1.165, 1.54) is 0 Å². The molecule has 8 heteroatoms. The minimum atomic E-state index is -3.20. The standard InChI is InChI=1S/C14H26N2O5S/c1-3-20-10-13(17)16-8-7-14(11-16)6-4-5-12(21-14)9-15-22(2,18)19/h12,15H,3-11H2,1-2H3/t12-,14-/m1/s1. The van der Waals surface area contributed by atoms with Crippen molar-refractivity contribution in [2.75, 3.05) is 39.1 Å². The molecule has 0 aromatic carbocycles. The molecule has 7 nitrogen and oxygen atoms in total. The third-order valence-electron chi connectivity index (χ3n) is 4.25. The van der Waals surface area contributed by atoms with E-state index in [9.17, 15) is 13.2 Å². The summed E-state index contributed by atoms with van der Waals surface area (Å²) in [7, 11) is -3.20. The highest BCUT2D eigenvalue weighted by Gasteiger charge is 2.44. The number of ether oxygens (including phenoxy) is 2. The van der Waals surface area contributed by atoms with E-state index in [0.29, 0.717) is 26.2 Å². The first kappa shape index (κ1) is 17.7. The summed E-state index contributed by atoms with van der Waals surface area (Å²) in [5, 5.41) is 0. The second kappa shape index (κ2) is 7.25. The normalized spacial score (nSPS) is 29.2. The molecule has 1 spiro atoms. The first-order valence-electron chi connectivity index (χ1n) is 7.81. The molecule has 2 aliphatic heterocycles. The quantitative estimate of drug-likeness (QED) is 0.745. The van der Waals surface area contributed by atoms with Crippen molar-refractivity contribution in [3.8, 4) is 0 Å². The van der Waals surface area contributed by atoms with Gasteiger partial charge in [0.2, 0.25) is 15.9 Å². The van der Waals surface area contributed by atoms with Crippen LogP contribution in [0.5, 0.6) is 0 Å². The van der Waals surface area contributed by atoms with Gasteiger partial charge in [0.25, 0.3) is 0 Å². The van der Waals surface area contributed by atoms with Crippen LogP contribution in [0.4, 0.5) is 0 Å². The van der Waals surface area contributed by atoms with Gasteiger partial charge in [0.05, 0.1) is 18.0 Å². The van der Waals surface area contributed by atoms with Crippen molar-refractivity contribution < 1.29 is 22.7 Å². The summed E-state index contributed by atoms with van der Waals surface area (Å²) in [5.41, 5.74) is -0.316. The van der Waals surface area contributed by atoms with E-state index >= 15 is 0 Å². The fourth-order valence-corrected chi connectivity index (χ4v) is 3.64. The molecule has 2 fully saturated rings. The van der Waals surface area contributed by atoms with Crippen LogP contribution < -0.4 is 4.72 Å². The van der Waals surface area contributed by atoms with Crippen LogP contribution in [0, 0.1) is 0 Å². The molecule has 2 heterocycles. The molecule has 128 valence electrons. The second-order valence-electron chi connectivity index (χ2n) is 6.14. The largest absolute Gasteiger partial charge is 0.372 e. The molecule has 1 N–H and O–H groups in total. The first-order valence-corrected chi connectivity index (χ1v) is 9.71. The molecule has 0 aliphatic carbocycles. The van der Waals surface area contributed by atoms with E-state index in [1.54, 1.807) is 4.90 Å². The Balaban J connectivity index is 1.87. The Labute approximate surface area is 132 Å².